The number of hydrogen-bond acceptors (Lipinski definition) is 3. The molecule has 1 rings (SSSR count). The van der Waals surface area contributed by atoms with E-state index in [1.165, 1.54) is 22.5 Å². The quantitative estimate of drug-likeness (QED) is 0.878. The van der Waals surface area contributed by atoms with Gasteiger partial charge in [-0.15, -0.1) is 0 Å². The van der Waals surface area contributed by atoms with E-state index >= 15 is 0 Å². The van der Waals surface area contributed by atoms with Gasteiger partial charge in [0.05, 0.1) is 11.5 Å². The first kappa shape index (κ1) is 16.4. The third-order valence-corrected chi connectivity index (χ3v) is 5.05. The number of aliphatic hydroxyl groups is 1. The maximum atomic E-state index is 12.5. The van der Waals surface area contributed by atoms with Gasteiger partial charge < -0.3 is 5.11 Å². The number of benzene rings is 1. The first-order valence-corrected chi connectivity index (χ1v) is 8.04. The molecule has 1 N–H and O–H groups in total. The maximum absolute atomic E-state index is 12.5. The van der Waals surface area contributed by atoms with Gasteiger partial charge in [-0.25, -0.2) is 8.42 Å². The van der Waals surface area contributed by atoms with Crippen molar-refractivity contribution in [2.75, 3.05) is 13.1 Å². The summed E-state index contributed by atoms with van der Waals surface area (Å²) in [4.78, 5) is 0.170. The van der Waals surface area contributed by atoms with Crippen LogP contribution in [0.3, 0.4) is 0 Å². The highest BCUT2D eigenvalue weighted by Gasteiger charge is 2.24. The lowest BCUT2D eigenvalue weighted by molar-refractivity contribution is 0.281. The summed E-state index contributed by atoms with van der Waals surface area (Å²) < 4.78 is 26.4. The fourth-order valence-electron chi connectivity index (χ4n) is 1.79. The predicted molar refractivity (Wildman–Crippen MR) is 76.6 cm³/mol. The van der Waals surface area contributed by atoms with Crippen LogP contribution in [-0.4, -0.2) is 30.9 Å². The van der Waals surface area contributed by atoms with Crippen LogP contribution in [0.2, 0.25) is 5.02 Å². The van der Waals surface area contributed by atoms with Gasteiger partial charge >= 0.3 is 0 Å². The Hall–Kier alpha value is -0.620. The SMILES string of the molecule is CCN(CC(C)C)S(=O)(=O)c1ccc(Cl)c(CO)c1. The molecule has 0 aliphatic rings. The first-order valence-electron chi connectivity index (χ1n) is 6.22. The fourth-order valence-corrected chi connectivity index (χ4v) is 3.63. The number of nitrogens with zero attached hydrogens (tertiary/aromatic N) is 1. The Bertz CT molecular complexity index is 529. The summed E-state index contributed by atoms with van der Waals surface area (Å²) in [5.41, 5.74) is 0.420. The lowest BCUT2D eigenvalue weighted by Gasteiger charge is -2.22. The largest absolute Gasteiger partial charge is 0.392 e. The minimum Gasteiger partial charge on any atom is -0.392 e. The van der Waals surface area contributed by atoms with Crippen molar-refractivity contribution in [1.82, 2.24) is 4.31 Å². The van der Waals surface area contributed by atoms with Crippen LogP contribution < -0.4 is 0 Å². The van der Waals surface area contributed by atoms with Crippen LogP contribution >= 0.6 is 11.6 Å². The van der Waals surface area contributed by atoms with Gasteiger partial charge in [0.25, 0.3) is 0 Å². The number of aliphatic hydroxyl groups excluding tert-OH is 1. The number of rotatable bonds is 6. The lowest BCUT2D eigenvalue weighted by atomic mass is 10.2. The third-order valence-electron chi connectivity index (χ3n) is 2.75. The number of sulfonamides is 1. The van der Waals surface area contributed by atoms with E-state index in [4.69, 9.17) is 16.7 Å². The standard InChI is InChI=1S/C13H20ClNO3S/c1-4-15(8-10(2)3)19(17,18)12-5-6-13(14)11(7-12)9-16/h5-7,10,16H,4,8-9H2,1-3H3. The Morgan fingerprint density at radius 3 is 2.47 bits per heavy atom. The topological polar surface area (TPSA) is 57.6 Å². The van der Waals surface area contributed by atoms with E-state index in [1.54, 1.807) is 0 Å². The van der Waals surface area contributed by atoms with Crippen LogP contribution in [0.5, 0.6) is 0 Å². The van der Waals surface area contributed by atoms with Crippen molar-refractivity contribution in [2.24, 2.45) is 5.92 Å². The van der Waals surface area contributed by atoms with Crippen LogP contribution in [-0.2, 0) is 16.6 Å². The van der Waals surface area contributed by atoms with E-state index in [0.29, 0.717) is 23.7 Å². The van der Waals surface area contributed by atoms with Crippen LogP contribution in [0.4, 0.5) is 0 Å². The van der Waals surface area contributed by atoms with Crippen molar-refractivity contribution in [3.63, 3.8) is 0 Å². The molecule has 0 amide bonds. The van der Waals surface area contributed by atoms with E-state index in [2.05, 4.69) is 0 Å². The maximum Gasteiger partial charge on any atom is 0.243 e. The molecule has 0 radical (unpaired) electrons. The molecule has 0 atom stereocenters. The van der Waals surface area contributed by atoms with Gasteiger partial charge in [0.15, 0.2) is 0 Å². The Morgan fingerprint density at radius 2 is 2.00 bits per heavy atom. The summed E-state index contributed by atoms with van der Waals surface area (Å²) in [6.07, 6.45) is 0. The molecule has 0 unspecified atom stereocenters. The summed E-state index contributed by atoms with van der Waals surface area (Å²) in [7, 11) is -3.53. The zero-order valence-corrected chi connectivity index (χ0v) is 13.0. The van der Waals surface area contributed by atoms with Gasteiger partial charge in [0, 0.05) is 18.1 Å². The van der Waals surface area contributed by atoms with Crippen molar-refractivity contribution in [2.45, 2.75) is 32.3 Å². The Morgan fingerprint density at radius 1 is 1.37 bits per heavy atom. The molecule has 1 aromatic rings. The van der Waals surface area contributed by atoms with Crippen molar-refractivity contribution in [3.8, 4) is 0 Å². The Balaban J connectivity index is 3.18. The molecule has 6 heteroatoms. The average Bonchev–Trinajstić information content (AvgIpc) is 2.35. The molecule has 0 saturated heterocycles. The molecule has 0 saturated carbocycles. The minimum atomic E-state index is -3.53. The normalized spacial score (nSPS) is 12.4. The van der Waals surface area contributed by atoms with Gasteiger partial charge in [0.1, 0.15) is 0 Å². The van der Waals surface area contributed by atoms with Gasteiger partial charge in [-0.2, -0.15) is 4.31 Å². The monoisotopic (exact) mass is 305 g/mol. The number of halogens is 1. The molecule has 0 spiro atoms. The van der Waals surface area contributed by atoms with E-state index < -0.39 is 10.0 Å². The minimum absolute atomic E-state index is 0.170. The van der Waals surface area contributed by atoms with Gasteiger partial charge in [-0.1, -0.05) is 32.4 Å². The molecule has 0 aliphatic heterocycles. The highest BCUT2D eigenvalue weighted by Crippen LogP contribution is 2.23. The second kappa shape index (κ2) is 6.70. The third kappa shape index (κ3) is 3.92. The summed E-state index contributed by atoms with van der Waals surface area (Å²) >= 11 is 5.88. The van der Waals surface area contributed by atoms with Crippen LogP contribution in [0.25, 0.3) is 0 Å². The molecule has 0 bridgehead atoms. The molecule has 1 aromatic carbocycles. The van der Waals surface area contributed by atoms with Gasteiger partial charge in [-0.3, -0.25) is 0 Å². The molecular formula is C13H20ClNO3S. The average molecular weight is 306 g/mol. The van der Waals surface area contributed by atoms with Crippen molar-refractivity contribution >= 4 is 21.6 Å². The van der Waals surface area contributed by atoms with Crippen LogP contribution in [0.1, 0.15) is 26.3 Å². The summed E-state index contributed by atoms with van der Waals surface area (Å²) in [6.45, 7) is 6.35. The molecule has 0 aromatic heterocycles. The van der Waals surface area contributed by atoms with Gasteiger partial charge in [0.2, 0.25) is 10.0 Å². The molecule has 0 heterocycles. The van der Waals surface area contributed by atoms with Crippen LogP contribution in [0, 0.1) is 5.92 Å². The molecule has 0 fully saturated rings. The highest BCUT2D eigenvalue weighted by atomic mass is 35.5. The number of hydrogen-bond donors (Lipinski definition) is 1. The zero-order valence-electron chi connectivity index (χ0n) is 11.4. The zero-order chi connectivity index (χ0) is 14.6. The first-order chi connectivity index (χ1) is 8.82. The predicted octanol–water partition coefficient (Wildman–Crippen LogP) is 2.50. The van der Waals surface area contributed by atoms with E-state index in [9.17, 15) is 8.42 Å². The summed E-state index contributed by atoms with van der Waals surface area (Å²) in [6, 6.07) is 4.41. The second-order valence-electron chi connectivity index (χ2n) is 4.76. The molecule has 19 heavy (non-hydrogen) atoms. The summed E-state index contributed by atoms with van der Waals surface area (Å²) in [5, 5.41) is 9.53. The van der Waals surface area contributed by atoms with Gasteiger partial charge in [-0.05, 0) is 29.7 Å². The van der Waals surface area contributed by atoms with E-state index in [0.717, 1.165) is 0 Å². The Kier molecular flexibility index (Phi) is 5.80. The van der Waals surface area contributed by atoms with Crippen LogP contribution in [0.15, 0.2) is 23.1 Å². The molecule has 108 valence electrons. The van der Waals surface area contributed by atoms with Crippen molar-refractivity contribution < 1.29 is 13.5 Å². The Labute approximate surface area is 120 Å². The van der Waals surface area contributed by atoms with E-state index in [-0.39, 0.29) is 17.4 Å². The highest BCUT2D eigenvalue weighted by molar-refractivity contribution is 7.89. The summed E-state index contributed by atoms with van der Waals surface area (Å²) in [5.74, 6) is 0.249. The fraction of sp³-hybridized carbons (Fsp3) is 0.538. The molecule has 0 aliphatic carbocycles. The lowest BCUT2D eigenvalue weighted by Crippen LogP contribution is -2.34. The smallest absolute Gasteiger partial charge is 0.243 e. The molecule has 4 nitrogen and oxygen atoms in total. The molecular weight excluding hydrogens is 286 g/mol. The van der Waals surface area contributed by atoms with Crippen molar-refractivity contribution in [1.29, 1.82) is 0 Å². The second-order valence-corrected chi connectivity index (χ2v) is 7.11. The van der Waals surface area contributed by atoms with Crippen molar-refractivity contribution in [3.05, 3.63) is 28.8 Å². The van der Waals surface area contributed by atoms with E-state index in [1.807, 2.05) is 20.8 Å².